The molecule has 0 radical (unpaired) electrons. The summed E-state index contributed by atoms with van der Waals surface area (Å²) in [7, 11) is 0. The summed E-state index contributed by atoms with van der Waals surface area (Å²) in [5.41, 5.74) is 0. The highest BCUT2D eigenvalue weighted by molar-refractivity contribution is 9.11. The van der Waals surface area contributed by atoms with Crippen molar-refractivity contribution in [3.8, 4) is 40.2 Å². The van der Waals surface area contributed by atoms with Gasteiger partial charge in [0, 0.05) is 6.07 Å². The Balaban J connectivity index is 1.52. The second kappa shape index (κ2) is 12.3. The van der Waals surface area contributed by atoms with Crippen molar-refractivity contribution in [3.05, 3.63) is 137 Å². The molecule has 0 amide bonds. The van der Waals surface area contributed by atoms with Crippen LogP contribution in [-0.2, 0) is 0 Å². The van der Waals surface area contributed by atoms with Crippen LogP contribution in [0.2, 0.25) is 0 Å². The molecule has 4 rings (SSSR count). The smallest absolute Gasteiger partial charge is 0.145 e. The SMILES string of the molecule is C=C/C=C(\C=C)Oc1cccc(Oc2cccc(Oc3cccc(Oc4ccccc4)c3Br)c2)c1Br. The maximum Gasteiger partial charge on any atom is 0.145 e. The maximum absolute atomic E-state index is 6.14. The van der Waals surface area contributed by atoms with Crippen molar-refractivity contribution in [2.45, 2.75) is 0 Å². The summed E-state index contributed by atoms with van der Waals surface area (Å²) in [4.78, 5) is 0. The minimum absolute atomic E-state index is 0.572. The molecular formula is C30H22Br2O4. The molecule has 0 spiro atoms. The molecule has 0 aliphatic rings. The molecule has 0 heterocycles. The second-order valence-electron chi connectivity index (χ2n) is 7.34. The van der Waals surface area contributed by atoms with Gasteiger partial charge in [-0.3, -0.25) is 0 Å². The van der Waals surface area contributed by atoms with Crippen LogP contribution in [0, 0.1) is 0 Å². The molecule has 0 atom stereocenters. The van der Waals surface area contributed by atoms with Gasteiger partial charge in [-0.1, -0.05) is 55.6 Å². The number of hydrogen-bond donors (Lipinski definition) is 0. The van der Waals surface area contributed by atoms with E-state index in [1.54, 1.807) is 18.2 Å². The van der Waals surface area contributed by atoms with E-state index in [9.17, 15) is 0 Å². The van der Waals surface area contributed by atoms with Gasteiger partial charge in [-0.2, -0.15) is 0 Å². The van der Waals surface area contributed by atoms with E-state index in [0.29, 0.717) is 49.2 Å². The van der Waals surface area contributed by atoms with Gasteiger partial charge in [0.15, 0.2) is 0 Å². The lowest BCUT2D eigenvalue weighted by molar-refractivity contribution is 0.428. The van der Waals surface area contributed by atoms with Gasteiger partial charge in [0.1, 0.15) is 55.0 Å². The number of benzene rings is 4. The van der Waals surface area contributed by atoms with Crippen molar-refractivity contribution in [1.29, 1.82) is 0 Å². The zero-order valence-electron chi connectivity index (χ0n) is 19.2. The van der Waals surface area contributed by atoms with Crippen molar-refractivity contribution in [3.63, 3.8) is 0 Å². The van der Waals surface area contributed by atoms with Gasteiger partial charge in [-0.05, 0) is 92.5 Å². The molecule has 6 heteroatoms. The van der Waals surface area contributed by atoms with Crippen molar-refractivity contribution in [2.24, 2.45) is 0 Å². The molecule has 4 aromatic carbocycles. The third-order valence-corrected chi connectivity index (χ3v) is 6.36. The first kappa shape index (κ1) is 25.4. The standard InChI is InChI=1S/C30H22Br2O4/c1-3-11-21(4-2)33-25-16-9-18-27(29(25)31)35-23-14-8-15-24(20-23)36-28-19-10-17-26(30(28)32)34-22-12-6-5-7-13-22/h3-20H,1-2H2/b21-11+. The number of allylic oxidation sites excluding steroid dienone is 3. The van der Waals surface area contributed by atoms with E-state index >= 15 is 0 Å². The number of hydrogen-bond acceptors (Lipinski definition) is 4. The highest BCUT2D eigenvalue weighted by Gasteiger charge is 2.13. The molecule has 0 unspecified atom stereocenters. The Kier molecular flexibility index (Phi) is 8.66. The largest absolute Gasteiger partial charge is 0.456 e. The van der Waals surface area contributed by atoms with Crippen molar-refractivity contribution in [1.82, 2.24) is 0 Å². The first-order valence-corrected chi connectivity index (χ1v) is 12.5. The summed E-state index contributed by atoms with van der Waals surface area (Å²) in [5.74, 6) is 4.96. The minimum Gasteiger partial charge on any atom is -0.456 e. The third-order valence-electron chi connectivity index (χ3n) is 4.80. The summed E-state index contributed by atoms with van der Waals surface area (Å²) in [6.45, 7) is 7.45. The molecule has 0 saturated heterocycles. The van der Waals surface area contributed by atoms with E-state index in [0.717, 1.165) is 5.75 Å². The quantitative estimate of drug-likeness (QED) is 0.133. The monoisotopic (exact) mass is 604 g/mol. The van der Waals surface area contributed by atoms with Crippen LogP contribution < -0.4 is 18.9 Å². The first-order valence-electron chi connectivity index (χ1n) is 11.0. The predicted octanol–water partition coefficient (Wildman–Crippen LogP) is 10.2. The van der Waals surface area contributed by atoms with Gasteiger partial charge in [0.2, 0.25) is 0 Å². The molecule has 180 valence electrons. The molecule has 0 aliphatic heterocycles. The highest BCUT2D eigenvalue weighted by atomic mass is 79.9. The molecule has 4 aromatic rings. The summed E-state index contributed by atoms with van der Waals surface area (Å²) in [5, 5.41) is 0. The fraction of sp³-hybridized carbons (Fsp3) is 0. The van der Waals surface area contributed by atoms with Crippen LogP contribution in [0.25, 0.3) is 0 Å². The molecular weight excluding hydrogens is 584 g/mol. The third kappa shape index (κ3) is 6.47. The van der Waals surface area contributed by atoms with E-state index in [2.05, 4.69) is 45.0 Å². The van der Waals surface area contributed by atoms with E-state index < -0.39 is 0 Å². The average Bonchev–Trinajstić information content (AvgIpc) is 2.89. The Morgan fingerprint density at radius 2 is 1.06 bits per heavy atom. The van der Waals surface area contributed by atoms with Crippen LogP contribution in [0.4, 0.5) is 0 Å². The fourth-order valence-electron chi connectivity index (χ4n) is 3.15. The first-order chi connectivity index (χ1) is 17.6. The van der Waals surface area contributed by atoms with Crippen LogP contribution in [0.1, 0.15) is 0 Å². The van der Waals surface area contributed by atoms with Gasteiger partial charge in [0.05, 0.1) is 0 Å². The van der Waals surface area contributed by atoms with E-state index in [1.807, 2.05) is 91.0 Å². The summed E-state index contributed by atoms with van der Waals surface area (Å²) >= 11 is 7.18. The Morgan fingerprint density at radius 3 is 1.61 bits per heavy atom. The van der Waals surface area contributed by atoms with Gasteiger partial charge in [-0.15, -0.1) is 0 Å². The molecule has 0 aliphatic carbocycles. The van der Waals surface area contributed by atoms with E-state index in [-0.39, 0.29) is 0 Å². The van der Waals surface area contributed by atoms with Gasteiger partial charge < -0.3 is 18.9 Å². The molecule has 4 nitrogen and oxygen atoms in total. The summed E-state index contributed by atoms with van der Waals surface area (Å²) < 4.78 is 25.5. The molecule has 0 saturated carbocycles. The topological polar surface area (TPSA) is 36.9 Å². The summed E-state index contributed by atoms with van der Waals surface area (Å²) in [6.07, 6.45) is 4.98. The van der Waals surface area contributed by atoms with Gasteiger partial charge in [0.25, 0.3) is 0 Å². The Bertz CT molecular complexity index is 1400. The Morgan fingerprint density at radius 1 is 0.583 bits per heavy atom. The van der Waals surface area contributed by atoms with Gasteiger partial charge >= 0.3 is 0 Å². The highest BCUT2D eigenvalue weighted by Crippen LogP contribution is 2.41. The molecule has 0 aromatic heterocycles. The number of rotatable bonds is 10. The second-order valence-corrected chi connectivity index (χ2v) is 8.93. The molecule has 0 bridgehead atoms. The van der Waals surface area contributed by atoms with Crippen LogP contribution in [0.3, 0.4) is 0 Å². The van der Waals surface area contributed by atoms with Crippen LogP contribution >= 0.6 is 31.9 Å². The normalized spacial score (nSPS) is 10.9. The lowest BCUT2D eigenvalue weighted by Crippen LogP contribution is -1.94. The maximum atomic E-state index is 6.14. The van der Waals surface area contributed by atoms with Crippen molar-refractivity contribution < 1.29 is 18.9 Å². The lowest BCUT2D eigenvalue weighted by Gasteiger charge is -2.14. The summed E-state index contributed by atoms with van der Waals surface area (Å²) in [6, 6.07) is 28.1. The van der Waals surface area contributed by atoms with Crippen molar-refractivity contribution in [2.75, 3.05) is 0 Å². The Hall–Kier alpha value is -3.74. The van der Waals surface area contributed by atoms with Gasteiger partial charge in [-0.25, -0.2) is 0 Å². The molecule has 36 heavy (non-hydrogen) atoms. The van der Waals surface area contributed by atoms with Crippen LogP contribution in [-0.4, -0.2) is 0 Å². The van der Waals surface area contributed by atoms with Crippen LogP contribution in [0.15, 0.2) is 137 Å². The Labute approximate surface area is 227 Å². The zero-order valence-corrected chi connectivity index (χ0v) is 22.4. The molecule has 0 N–H and O–H groups in total. The van der Waals surface area contributed by atoms with E-state index in [4.69, 9.17) is 18.9 Å². The lowest BCUT2D eigenvalue weighted by atomic mass is 10.3. The minimum atomic E-state index is 0.572. The predicted molar refractivity (Wildman–Crippen MR) is 150 cm³/mol. The average molecular weight is 606 g/mol. The number of ether oxygens (including phenoxy) is 4. The number of halogens is 2. The van der Waals surface area contributed by atoms with Crippen molar-refractivity contribution >= 4 is 31.9 Å². The number of para-hydroxylation sites is 1. The zero-order chi connectivity index (χ0) is 25.3. The van der Waals surface area contributed by atoms with Crippen LogP contribution in [0.5, 0.6) is 40.2 Å². The fourth-order valence-corrected chi connectivity index (χ4v) is 4.01. The molecule has 0 fully saturated rings. The van der Waals surface area contributed by atoms with E-state index in [1.165, 1.54) is 0 Å².